The fraction of sp³-hybridized carbons (Fsp3) is 0.0517. The lowest BCUT2D eigenvalue weighted by molar-refractivity contribution is 0.669. The molecule has 3 aromatic heterocycles. The quantitative estimate of drug-likeness (QED) is 0.129. The fourth-order valence-corrected chi connectivity index (χ4v) is 9.61. The Balaban J connectivity index is 1.13. The zero-order valence-corrected chi connectivity index (χ0v) is 35.4. The van der Waals surface area contributed by atoms with E-state index < -0.39 is 0 Å². The summed E-state index contributed by atoms with van der Waals surface area (Å²) < 4.78 is 11.3. The van der Waals surface area contributed by atoms with E-state index in [9.17, 15) is 0 Å². The number of hydrogen-bond donors (Lipinski definition) is 0. The van der Waals surface area contributed by atoms with Crippen LogP contribution < -0.4 is 0 Å². The minimum atomic E-state index is 0.0724. The molecule has 8 aromatic carbocycles. The molecule has 1 aliphatic carbocycles. The van der Waals surface area contributed by atoms with Crippen molar-refractivity contribution in [3.63, 3.8) is 0 Å². The second kappa shape index (κ2) is 15.2. The van der Waals surface area contributed by atoms with Gasteiger partial charge in [-0.15, -0.1) is 0 Å². The molecule has 0 spiro atoms. The van der Waals surface area contributed by atoms with Gasteiger partial charge in [-0.1, -0.05) is 165 Å². The molecule has 1 unspecified atom stereocenters. The zero-order valence-electron chi connectivity index (χ0n) is 35.4. The molecule has 0 aliphatic heterocycles. The number of aromatic nitrogens is 2. The number of allylic oxidation sites excluding steroid dienone is 4. The number of benzene rings is 8. The van der Waals surface area contributed by atoms with E-state index in [1.165, 1.54) is 10.9 Å². The molecule has 64 heavy (non-hydrogen) atoms. The summed E-state index contributed by atoms with van der Waals surface area (Å²) in [6.45, 7) is 2.17. The van der Waals surface area contributed by atoms with Crippen LogP contribution in [0.15, 0.2) is 226 Å². The van der Waals surface area contributed by atoms with Gasteiger partial charge < -0.3 is 8.98 Å². The zero-order chi connectivity index (χ0) is 42.7. The minimum absolute atomic E-state index is 0.0724. The molecule has 0 amide bonds. The molecule has 1 aliphatic rings. The highest BCUT2D eigenvalue weighted by atomic mass is 16.3. The highest BCUT2D eigenvalue weighted by Gasteiger charge is 2.24. The van der Waals surface area contributed by atoms with Gasteiger partial charge in [-0.3, -0.25) is 9.56 Å². The molecule has 304 valence electrons. The Hall–Kier alpha value is -8.35. The topological polar surface area (TPSA) is 60.1 Å². The molecule has 6 nitrogen and oxygen atoms in total. The van der Waals surface area contributed by atoms with E-state index in [4.69, 9.17) is 19.4 Å². The summed E-state index contributed by atoms with van der Waals surface area (Å²) >= 11 is 0. The first-order valence-corrected chi connectivity index (χ1v) is 21.7. The van der Waals surface area contributed by atoms with Crippen molar-refractivity contribution in [1.29, 1.82) is 0 Å². The van der Waals surface area contributed by atoms with Crippen molar-refractivity contribution in [1.82, 2.24) is 9.13 Å². The summed E-state index contributed by atoms with van der Waals surface area (Å²) in [5.74, 6) is 1.14. The summed E-state index contributed by atoms with van der Waals surface area (Å²) in [5, 5.41) is 6.67. The number of nitrogens with zero attached hydrogens (tertiary/aromatic N) is 5. The van der Waals surface area contributed by atoms with Crippen molar-refractivity contribution >= 4 is 83.1 Å². The number of rotatable bonds is 4. The lowest BCUT2D eigenvalue weighted by Crippen LogP contribution is -2.18. The van der Waals surface area contributed by atoms with Crippen molar-refractivity contribution in [2.45, 2.75) is 6.92 Å². The number of furan rings is 1. The molecule has 12 rings (SSSR count). The van der Waals surface area contributed by atoms with E-state index in [1.807, 2.05) is 18.2 Å². The average Bonchev–Trinajstić information content (AvgIpc) is 4.02. The van der Waals surface area contributed by atoms with Gasteiger partial charge in [0.2, 0.25) is 5.96 Å². The third-order valence-corrected chi connectivity index (χ3v) is 12.6. The standard InChI is InChI=1S/C58H41N5O/c1-37-17-9-12-27-49(37)60-58(61-57(59-2)41-31-32-48-53(36-41)64-52-30-16-26-43(54(48)52)39-20-7-4-8-21-39)63-51-29-14-11-25-45(51)47-34-33-46-44-24-10-13-28-50(44)62(55(46)56(47)63)42-23-15-22-40(35-42)38-18-5-3-6-19-38/h3-37H,1-2H3. The molecule has 0 bridgehead atoms. The third kappa shape index (κ3) is 6.06. The molecule has 0 saturated carbocycles. The van der Waals surface area contributed by atoms with Crippen LogP contribution in [-0.4, -0.2) is 33.7 Å². The van der Waals surface area contributed by atoms with Gasteiger partial charge in [-0.2, -0.15) is 4.99 Å². The van der Waals surface area contributed by atoms with Crippen LogP contribution in [0.1, 0.15) is 12.5 Å². The molecule has 6 heteroatoms. The smallest absolute Gasteiger partial charge is 0.237 e. The van der Waals surface area contributed by atoms with Crippen molar-refractivity contribution < 1.29 is 4.42 Å². The van der Waals surface area contributed by atoms with Gasteiger partial charge >= 0.3 is 0 Å². The molecular weight excluding hydrogens is 783 g/mol. The van der Waals surface area contributed by atoms with Crippen molar-refractivity contribution in [3.8, 4) is 27.9 Å². The molecule has 0 N–H and O–H groups in total. The molecule has 1 atom stereocenters. The molecule has 0 saturated heterocycles. The first kappa shape index (κ1) is 37.4. The Labute approximate surface area is 369 Å². The highest BCUT2D eigenvalue weighted by molar-refractivity contribution is 6.27. The van der Waals surface area contributed by atoms with Crippen LogP contribution in [0.5, 0.6) is 0 Å². The largest absolute Gasteiger partial charge is 0.456 e. The molecule has 3 heterocycles. The Morgan fingerprint density at radius 1 is 0.547 bits per heavy atom. The molecular formula is C58H41N5O. The van der Waals surface area contributed by atoms with Gasteiger partial charge in [-0.25, -0.2) is 4.99 Å². The summed E-state index contributed by atoms with van der Waals surface area (Å²) in [7, 11) is 1.80. The van der Waals surface area contributed by atoms with E-state index in [2.05, 4.69) is 204 Å². The predicted octanol–water partition coefficient (Wildman–Crippen LogP) is 14.6. The Kier molecular flexibility index (Phi) is 8.90. The number of aliphatic imine (C=N–C) groups is 3. The highest BCUT2D eigenvalue weighted by Crippen LogP contribution is 2.42. The van der Waals surface area contributed by atoms with Crippen LogP contribution in [0.4, 0.5) is 0 Å². The van der Waals surface area contributed by atoms with E-state index in [0.717, 1.165) is 93.8 Å². The summed E-state index contributed by atoms with van der Waals surface area (Å²) in [6, 6.07) is 64.3. The van der Waals surface area contributed by atoms with Gasteiger partial charge in [0.05, 0.1) is 27.8 Å². The normalized spacial score (nSPS) is 15.3. The van der Waals surface area contributed by atoms with Crippen LogP contribution >= 0.6 is 0 Å². The fourth-order valence-electron chi connectivity index (χ4n) is 9.61. The maximum Gasteiger partial charge on any atom is 0.237 e. The maximum atomic E-state index is 6.59. The van der Waals surface area contributed by atoms with Gasteiger partial charge in [0.1, 0.15) is 11.2 Å². The SMILES string of the molecule is CN=C(N=C(N=C1C=CC=CC1C)n1c2ccccc2c2ccc3c4ccccc4n(-c4cccc(-c5ccccc5)c4)c3c21)c1ccc2c(c1)oc1cccc(-c3ccccc3)c12. The Morgan fingerprint density at radius 3 is 2.00 bits per heavy atom. The van der Waals surface area contributed by atoms with E-state index in [-0.39, 0.29) is 5.92 Å². The van der Waals surface area contributed by atoms with Crippen LogP contribution in [0.25, 0.3) is 93.5 Å². The molecule has 0 fully saturated rings. The van der Waals surface area contributed by atoms with E-state index in [1.54, 1.807) is 7.05 Å². The van der Waals surface area contributed by atoms with Gasteiger partial charge in [-0.05, 0) is 70.8 Å². The number of fused-ring (bicyclic) bond motifs is 10. The van der Waals surface area contributed by atoms with Crippen LogP contribution in [0, 0.1) is 5.92 Å². The number of hydrogen-bond acceptors (Lipinski definition) is 2. The second-order valence-corrected chi connectivity index (χ2v) is 16.4. The predicted molar refractivity (Wildman–Crippen MR) is 269 cm³/mol. The van der Waals surface area contributed by atoms with Crippen molar-refractivity contribution in [3.05, 3.63) is 212 Å². The van der Waals surface area contributed by atoms with Gasteiger partial charge in [0.25, 0.3) is 0 Å². The van der Waals surface area contributed by atoms with Crippen LogP contribution in [-0.2, 0) is 0 Å². The molecule has 0 radical (unpaired) electrons. The number of amidine groups is 1. The maximum absolute atomic E-state index is 6.59. The van der Waals surface area contributed by atoms with Crippen LogP contribution in [0.2, 0.25) is 0 Å². The van der Waals surface area contributed by atoms with Crippen molar-refractivity contribution in [2.24, 2.45) is 20.9 Å². The van der Waals surface area contributed by atoms with Crippen LogP contribution in [0.3, 0.4) is 0 Å². The van der Waals surface area contributed by atoms with E-state index in [0.29, 0.717) is 11.8 Å². The minimum Gasteiger partial charge on any atom is -0.456 e. The second-order valence-electron chi connectivity index (χ2n) is 16.4. The van der Waals surface area contributed by atoms with Crippen molar-refractivity contribution in [2.75, 3.05) is 7.05 Å². The number of para-hydroxylation sites is 2. The Bertz CT molecular complexity index is 3800. The van der Waals surface area contributed by atoms with E-state index >= 15 is 0 Å². The first-order valence-electron chi connectivity index (χ1n) is 21.7. The third-order valence-electron chi connectivity index (χ3n) is 12.6. The Morgan fingerprint density at radius 2 is 1.22 bits per heavy atom. The van der Waals surface area contributed by atoms with Gasteiger partial charge in [0.15, 0.2) is 5.84 Å². The lowest BCUT2D eigenvalue weighted by Gasteiger charge is -2.15. The average molecular weight is 824 g/mol. The monoisotopic (exact) mass is 823 g/mol. The lowest BCUT2D eigenvalue weighted by atomic mass is 9.99. The van der Waals surface area contributed by atoms with Gasteiger partial charge in [0, 0.05) is 56.5 Å². The summed E-state index contributed by atoms with van der Waals surface area (Å²) in [6.07, 6.45) is 8.39. The summed E-state index contributed by atoms with van der Waals surface area (Å²) in [5.41, 5.74) is 13.2. The first-order chi connectivity index (χ1) is 31.6. The molecule has 11 aromatic rings. The summed E-state index contributed by atoms with van der Waals surface area (Å²) in [4.78, 5) is 15.9.